The number of guanidine groups is 2. The maximum atomic E-state index is 14.1. The second-order valence-electron chi connectivity index (χ2n) is 13.5. The fourth-order valence-electron chi connectivity index (χ4n) is 5.83. The number of fused-ring (bicyclic) bond motifs is 1. The molecule has 298 valence electrons. The zero-order valence-electron chi connectivity index (χ0n) is 31.2. The van der Waals surface area contributed by atoms with Gasteiger partial charge in [-0.15, -0.1) is 0 Å². The van der Waals surface area contributed by atoms with E-state index in [4.69, 9.17) is 28.7 Å². The van der Waals surface area contributed by atoms with E-state index >= 15 is 0 Å². The molecular formula is C37H54N12O6. The lowest BCUT2D eigenvalue weighted by molar-refractivity contribution is -0.143. The van der Waals surface area contributed by atoms with E-state index in [0.29, 0.717) is 12.0 Å². The van der Waals surface area contributed by atoms with Gasteiger partial charge in [-0.1, -0.05) is 62.4 Å². The Balaban J connectivity index is 1.89. The van der Waals surface area contributed by atoms with Crippen LogP contribution >= 0.6 is 0 Å². The normalized spacial score (nSPS) is 13.7. The molecule has 55 heavy (non-hydrogen) atoms. The van der Waals surface area contributed by atoms with Crippen LogP contribution in [0.2, 0.25) is 0 Å². The molecule has 0 spiro atoms. The summed E-state index contributed by atoms with van der Waals surface area (Å²) in [5, 5.41) is 21.3. The van der Waals surface area contributed by atoms with Gasteiger partial charge in [-0.2, -0.15) is 0 Å². The van der Waals surface area contributed by atoms with Crippen molar-refractivity contribution in [3.8, 4) is 0 Å². The van der Waals surface area contributed by atoms with Crippen molar-refractivity contribution in [3.63, 3.8) is 0 Å². The number of hydrogen-bond acceptors (Lipinski definition) is 8. The Morgan fingerprint density at radius 1 is 0.691 bits per heavy atom. The molecule has 0 unspecified atom stereocenters. The van der Waals surface area contributed by atoms with E-state index < -0.39 is 65.7 Å². The zero-order chi connectivity index (χ0) is 40.5. The number of H-pyrrole nitrogens is 1. The van der Waals surface area contributed by atoms with Crippen LogP contribution in [0.4, 0.5) is 0 Å². The fraction of sp³-hybridized carbons (Fsp3) is 0.432. The van der Waals surface area contributed by atoms with Crippen molar-refractivity contribution in [1.82, 2.24) is 26.3 Å². The second kappa shape index (κ2) is 21.5. The SMILES string of the molecule is CC(C)[C@H](NC(=O)[C@H](Cc1c[nH]c2ccccc12)NC(=O)[C@H](CCCN=C(N)N)NC(=O)[C@H](CCCN=C(N)N)NC(=O)[C@@H](N)Cc1ccccc1)C(=O)O. The smallest absolute Gasteiger partial charge is 0.326 e. The van der Waals surface area contributed by atoms with Crippen LogP contribution in [-0.2, 0) is 36.8 Å². The van der Waals surface area contributed by atoms with Gasteiger partial charge < -0.3 is 60.0 Å². The molecule has 4 amide bonds. The number of nitrogens with two attached hydrogens (primary N) is 5. The molecule has 0 aliphatic carbocycles. The number of carbonyl (C=O) groups is 5. The number of carboxylic acid groups (broad SMARTS) is 1. The summed E-state index contributed by atoms with van der Waals surface area (Å²) in [6, 6.07) is 10.7. The molecule has 0 aliphatic heterocycles. The number of aromatic nitrogens is 1. The maximum Gasteiger partial charge on any atom is 0.326 e. The number of carboxylic acids is 1. The van der Waals surface area contributed by atoms with Gasteiger partial charge in [0.05, 0.1) is 6.04 Å². The summed E-state index contributed by atoms with van der Waals surface area (Å²) in [5.74, 6) is -4.75. The number of nitrogens with zero attached hydrogens (tertiary/aromatic N) is 2. The number of para-hydroxylation sites is 1. The van der Waals surface area contributed by atoms with Crippen LogP contribution < -0.4 is 49.9 Å². The summed E-state index contributed by atoms with van der Waals surface area (Å²) in [6.07, 6.45) is 2.56. The van der Waals surface area contributed by atoms with E-state index in [-0.39, 0.29) is 57.1 Å². The summed E-state index contributed by atoms with van der Waals surface area (Å²) in [4.78, 5) is 78.0. The number of aliphatic carboxylic acids is 1. The van der Waals surface area contributed by atoms with Crippen LogP contribution in [-0.4, -0.2) is 94.9 Å². The summed E-state index contributed by atoms with van der Waals surface area (Å²) in [5.41, 5.74) is 30.4. The van der Waals surface area contributed by atoms with Crippen LogP contribution in [0.5, 0.6) is 0 Å². The van der Waals surface area contributed by atoms with Crippen LogP contribution in [0.15, 0.2) is 70.8 Å². The zero-order valence-corrected chi connectivity index (χ0v) is 31.2. The van der Waals surface area contributed by atoms with Crippen LogP contribution in [0.25, 0.3) is 10.9 Å². The number of aromatic amines is 1. The van der Waals surface area contributed by atoms with Crippen molar-refractivity contribution in [2.75, 3.05) is 13.1 Å². The average molecular weight is 763 g/mol. The largest absolute Gasteiger partial charge is 0.480 e. The molecular weight excluding hydrogens is 708 g/mol. The van der Waals surface area contributed by atoms with Crippen LogP contribution in [0.3, 0.4) is 0 Å². The van der Waals surface area contributed by atoms with E-state index in [0.717, 1.165) is 16.5 Å². The van der Waals surface area contributed by atoms with E-state index in [9.17, 15) is 29.1 Å². The van der Waals surface area contributed by atoms with Gasteiger partial charge >= 0.3 is 5.97 Å². The Kier molecular flexibility index (Phi) is 16.9. The van der Waals surface area contributed by atoms with Crippen LogP contribution in [0, 0.1) is 5.92 Å². The molecule has 0 saturated heterocycles. The number of rotatable bonds is 22. The van der Waals surface area contributed by atoms with Gasteiger partial charge in [0.2, 0.25) is 23.6 Å². The molecule has 5 atom stereocenters. The quantitative estimate of drug-likeness (QED) is 0.0337. The summed E-state index contributed by atoms with van der Waals surface area (Å²) < 4.78 is 0. The third-order valence-electron chi connectivity index (χ3n) is 8.75. The van der Waals surface area contributed by atoms with E-state index in [1.54, 1.807) is 20.0 Å². The summed E-state index contributed by atoms with van der Waals surface area (Å²) in [6.45, 7) is 3.59. The van der Waals surface area contributed by atoms with E-state index in [2.05, 4.69) is 36.2 Å². The number of aliphatic imine (C=N–C) groups is 2. The maximum absolute atomic E-state index is 14.1. The molecule has 0 saturated carbocycles. The van der Waals surface area contributed by atoms with Gasteiger partial charge in [-0.3, -0.25) is 29.2 Å². The first-order valence-electron chi connectivity index (χ1n) is 18.1. The number of hydrogen-bond donors (Lipinski definition) is 11. The van der Waals surface area contributed by atoms with Crippen molar-refractivity contribution in [2.24, 2.45) is 44.6 Å². The predicted molar refractivity (Wildman–Crippen MR) is 210 cm³/mol. The third-order valence-corrected chi connectivity index (χ3v) is 8.75. The molecule has 16 N–H and O–H groups in total. The molecule has 2 aromatic carbocycles. The van der Waals surface area contributed by atoms with Gasteiger partial charge in [0.1, 0.15) is 24.2 Å². The lowest BCUT2D eigenvalue weighted by atomic mass is 10.0. The van der Waals surface area contributed by atoms with Crippen LogP contribution in [0.1, 0.15) is 50.7 Å². The molecule has 1 aromatic heterocycles. The highest BCUT2D eigenvalue weighted by atomic mass is 16.4. The fourth-order valence-corrected chi connectivity index (χ4v) is 5.83. The highest BCUT2D eigenvalue weighted by Gasteiger charge is 2.33. The minimum Gasteiger partial charge on any atom is -0.480 e. The van der Waals surface area contributed by atoms with Crippen molar-refractivity contribution >= 4 is 52.4 Å². The van der Waals surface area contributed by atoms with Gasteiger partial charge in [0.25, 0.3) is 0 Å². The molecule has 18 nitrogen and oxygen atoms in total. The van der Waals surface area contributed by atoms with E-state index in [1.807, 2.05) is 54.6 Å². The first kappa shape index (κ1) is 43.2. The minimum atomic E-state index is -1.25. The second-order valence-corrected chi connectivity index (χ2v) is 13.5. The highest BCUT2D eigenvalue weighted by molar-refractivity contribution is 5.96. The number of carbonyl (C=O) groups excluding carboxylic acids is 4. The first-order valence-corrected chi connectivity index (χ1v) is 18.1. The molecule has 18 heteroatoms. The van der Waals surface area contributed by atoms with Crippen molar-refractivity contribution in [2.45, 2.75) is 82.6 Å². The van der Waals surface area contributed by atoms with E-state index in [1.165, 1.54) is 0 Å². The number of benzene rings is 2. The third kappa shape index (κ3) is 14.3. The molecule has 3 aromatic rings. The monoisotopic (exact) mass is 762 g/mol. The lowest BCUT2D eigenvalue weighted by Crippen LogP contribution is -2.59. The molecule has 0 radical (unpaired) electrons. The lowest BCUT2D eigenvalue weighted by Gasteiger charge is -2.27. The van der Waals surface area contributed by atoms with Gasteiger partial charge in [0, 0.05) is 36.6 Å². The Hall–Kier alpha value is -6.17. The predicted octanol–water partition coefficient (Wildman–Crippen LogP) is -0.933. The summed E-state index contributed by atoms with van der Waals surface area (Å²) in [7, 11) is 0. The van der Waals surface area contributed by atoms with Crippen molar-refractivity contribution in [1.29, 1.82) is 0 Å². The first-order chi connectivity index (χ1) is 26.2. The summed E-state index contributed by atoms with van der Waals surface area (Å²) >= 11 is 0. The van der Waals surface area contributed by atoms with Crippen molar-refractivity contribution in [3.05, 3.63) is 71.9 Å². The Morgan fingerprint density at radius 2 is 1.20 bits per heavy atom. The Labute approximate surface area is 319 Å². The van der Waals surface area contributed by atoms with Gasteiger partial charge in [0.15, 0.2) is 11.9 Å². The minimum absolute atomic E-state index is 0.0105. The standard InChI is InChI=1S/C37H54N12O6/c1-21(2)30(35(54)55)49-34(53)29(19-23-20-45-26-13-7-6-12-24(23)26)48-33(52)28(15-9-17-44-37(41)42)47-32(51)27(14-8-16-43-36(39)40)46-31(50)25(38)18-22-10-4-3-5-11-22/h3-7,10-13,20-21,25,27-30,45H,8-9,14-19,38H2,1-2H3,(H,46,50)(H,47,51)(H,48,52)(H,49,53)(H,54,55)(H4,39,40,43)(H4,41,42,44)/t25-,27-,28-,29-,30-/m0/s1. The topological polar surface area (TPSA) is 324 Å². The Morgan fingerprint density at radius 3 is 1.75 bits per heavy atom. The molecule has 0 fully saturated rings. The number of nitrogens with one attached hydrogen (secondary N) is 5. The Bertz CT molecular complexity index is 1800. The average Bonchev–Trinajstić information content (AvgIpc) is 3.54. The molecule has 3 rings (SSSR count). The van der Waals surface area contributed by atoms with Crippen molar-refractivity contribution < 1.29 is 29.1 Å². The molecule has 0 aliphatic rings. The molecule has 0 bridgehead atoms. The van der Waals surface area contributed by atoms with Gasteiger partial charge in [-0.25, -0.2) is 4.79 Å². The highest BCUT2D eigenvalue weighted by Crippen LogP contribution is 2.20. The molecule has 1 heterocycles. The van der Waals surface area contributed by atoms with Gasteiger partial charge in [-0.05, 0) is 55.2 Å². The number of amides is 4.